The number of aromatic nitrogens is 2. The Hall–Kier alpha value is -2.61. The van der Waals surface area contributed by atoms with Gasteiger partial charge in [0, 0.05) is 30.5 Å². The van der Waals surface area contributed by atoms with Crippen LogP contribution in [0.1, 0.15) is 25.1 Å². The number of benzene rings is 1. The Morgan fingerprint density at radius 1 is 1.19 bits per heavy atom. The fourth-order valence-electron chi connectivity index (χ4n) is 2.08. The highest BCUT2D eigenvalue weighted by atomic mass is 15.3. The third-order valence-corrected chi connectivity index (χ3v) is 3.15. The van der Waals surface area contributed by atoms with Crippen molar-refractivity contribution >= 4 is 17.5 Å². The van der Waals surface area contributed by atoms with Gasteiger partial charge in [-0.3, -0.25) is 0 Å². The number of aryl methyl sites for hydroxylation is 1. The lowest BCUT2D eigenvalue weighted by molar-refractivity contribution is 0.817. The average Bonchev–Trinajstić information content (AvgIpc) is 2.48. The summed E-state index contributed by atoms with van der Waals surface area (Å²) in [6.45, 7) is 7.84. The third-order valence-electron chi connectivity index (χ3n) is 3.15. The number of anilines is 3. The fraction of sp³-hybridized carbons (Fsp3) is 0.312. The molecule has 108 valence electrons. The van der Waals surface area contributed by atoms with E-state index in [1.54, 1.807) is 12.1 Å². The average molecular weight is 281 g/mol. The van der Waals surface area contributed by atoms with Gasteiger partial charge in [0.1, 0.15) is 5.82 Å². The second-order valence-corrected chi connectivity index (χ2v) is 4.68. The largest absolute Gasteiger partial charge is 0.341 e. The van der Waals surface area contributed by atoms with Crippen molar-refractivity contribution in [2.45, 2.75) is 20.8 Å². The maximum atomic E-state index is 8.94. The molecule has 0 amide bonds. The zero-order chi connectivity index (χ0) is 15.2. The minimum Gasteiger partial charge on any atom is -0.341 e. The van der Waals surface area contributed by atoms with Crippen LogP contribution in [0.5, 0.6) is 0 Å². The number of hydrogen-bond acceptors (Lipinski definition) is 5. The van der Waals surface area contributed by atoms with E-state index in [1.807, 2.05) is 25.1 Å². The van der Waals surface area contributed by atoms with Crippen LogP contribution in [0.25, 0.3) is 0 Å². The Morgan fingerprint density at radius 3 is 2.62 bits per heavy atom. The highest BCUT2D eigenvalue weighted by molar-refractivity contribution is 5.59. The first-order valence-corrected chi connectivity index (χ1v) is 7.04. The van der Waals surface area contributed by atoms with Gasteiger partial charge in [0.2, 0.25) is 5.95 Å². The molecule has 0 saturated heterocycles. The highest BCUT2D eigenvalue weighted by Gasteiger charge is 2.08. The summed E-state index contributed by atoms with van der Waals surface area (Å²) >= 11 is 0. The zero-order valence-electron chi connectivity index (χ0n) is 12.6. The van der Waals surface area contributed by atoms with Gasteiger partial charge in [0.25, 0.3) is 0 Å². The molecule has 2 rings (SSSR count). The Bertz CT molecular complexity index is 656. The summed E-state index contributed by atoms with van der Waals surface area (Å²) in [6, 6.07) is 11.4. The number of nitriles is 1. The van der Waals surface area contributed by atoms with Crippen molar-refractivity contribution in [2.24, 2.45) is 0 Å². The van der Waals surface area contributed by atoms with Gasteiger partial charge in [0.05, 0.1) is 11.6 Å². The van der Waals surface area contributed by atoms with E-state index in [-0.39, 0.29) is 0 Å². The lowest BCUT2D eigenvalue weighted by Crippen LogP contribution is -2.24. The van der Waals surface area contributed by atoms with Gasteiger partial charge in [-0.05, 0) is 39.0 Å². The van der Waals surface area contributed by atoms with Crippen molar-refractivity contribution in [2.75, 3.05) is 23.3 Å². The van der Waals surface area contributed by atoms with E-state index in [4.69, 9.17) is 5.26 Å². The highest BCUT2D eigenvalue weighted by Crippen LogP contribution is 2.19. The molecule has 21 heavy (non-hydrogen) atoms. The first-order valence-electron chi connectivity index (χ1n) is 7.04. The summed E-state index contributed by atoms with van der Waals surface area (Å²) in [6.07, 6.45) is 0. The Kier molecular flexibility index (Phi) is 4.72. The van der Waals surface area contributed by atoms with E-state index in [9.17, 15) is 0 Å². The number of rotatable bonds is 5. The summed E-state index contributed by atoms with van der Waals surface area (Å²) < 4.78 is 0. The van der Waals surface area contributed by atoms with Crippen LogP contribution in [0.2, 0.25) is 0 Å². The Labute approximate surface area is 125 Å². The summed E-state index contributed by atoms with van der Waals surface area (Å²) in [4.78, 5) is 11.1. The second kappa shape index (κ2) is 6.71. The van der Waals surface area contributed by atoms with Gasteiger partial charge < -0.3 is 10.2 Å². The molecule has 0 bridgehead atoms. The molecule has 1 N–H and O–H groups in total. The topological polar surface area (TPSA) is 64.8 Å². The van der Waals surface area contributed by atoms with Gasteiger partial charge in [0.15, 0.2) is 0 Å². The smallest absolute Gasteiger partial charge is 0.227 e. The molecule has 0 fully saturated rings. The van der Waals surface area contributed by atoms with E-state index < -0.39 is 0 Å². The molecule has 5 heteroatoms. The number of nitrogens with one attached hydrogen (secondary N) is 1. The molecule has 0 spiro atoms. The molecule has 1 aromatic heterocycles. The molecule has 5 nitrogen and oxygen atoms in total. The van der Waals surface area contributed by atoms with Crippen LogP contribution in [-0.4, -0.2) is 23.1 Å². The quantitative estimate of drug-likeness (QED) is 0.911. The minimum absolute atomic E-state index is 0.620. The molecular formula is C16H19N5. The predicted octanol–water partition coefficient (Wildman–Crippen LogP) is 3.25. The van der Waals surface area contributed by atoms with Crippen molar-refractivity contribution in [1.82, 2.24) is 9.97 Å². The van der Waals surface area contributed by atoms with Crippen LogP contribution >= 0.6 is 0 Å². The Balaban J connectivity index is 2.29. The van der Waals surface area contributed by atoms with Crippen molar-refractivity contribution in [3.05, 3.63) is 41.6 Å². The molecule has 1 heterocycles. The molecule has 0 atom stereocenters. The molecule has 1 aromatic carbocycles. The Morgan fingerprint density at radius 2 is 1.95 bits per heavy atom. The van der Waals surface area contributed by atoms with Crippen molar-refractivity contribution in [3.8, 4) is 6.07 Å². The molecule has 0 radical (unpaired) electrons. The van der Waals surface area contributed by atoms with Gasteiger partial charge in [-0.25, -0.2) is 4.98 Å². The predicted molar refractivity (Wildman–Crippen MR) is 84.8 cm³/mol. The first-order chi connectivity index (χ1) is 10.2. The first kappa shape index (κ1) is 14.8. The molecule has 0 unspecified atom stereocenters. The van der Waals surface area contributed by atoms with E-state index in [1.165, 1.54) is 0 Å². The van der Waals surface area contributed by atoms with Crippen molar-refractivity contribution in [3.63, 3.8) is 0 Å². The van der Waals surface area contributed by atoms with Crippen molar-refractivity contribution in [1.29, 1.82) is 5.26 Å². The maximum Gasteiger partial charge on any atom is 0.227 e. The maximum absolute atomic E-state index is 8.94. The van der Waals surface area contributed by atoms with E-state index in [0.717, 1.165) is 36.2 Å². The number of hydrogen-bond donors (Lipinski definition) is 1. The molecule has 0 aliphatic rings. The molecule has 2 aromatic rings. The van der Waals surface area contributed by atoms with Crippen LogP contribution in [-0.2, 0) is 0 Å². The van der Waals surface area contributed by atoms with Crippen molar-refractivity contribution < 1.29 is 0 Å². The van der Waals surface area contributed by atoms with Gasteiger partial charge in [-0.1, -0.05) is 6.07 Å². The lowest BCUT2D eigenvalue weighted by Gasteiger charge is -2.19. The van der Waals surface area contributed by atoms with Crippen LogP contribution in [0.3, 0.4) is 0 Å². The van der Waals surface area contributed by atoms with E-state index in [2.05, 4.69) is 40.1 Å². The molecule has 0 aliphatic carbocycles. The summed E-state index contributed by atoms with van der Waals surface area (Å²) in [7, 11) is 0. The van der Waals surface area contributed by atoms with Crippen LogP contribution in [0, 0.1) is 18.3 Å². The molecular weight excluding hydrogens is 262 g/mol. The number of nitrogens with zero attached hydrogens (tertiary/aromatic N) is 4. The van der Waals surface area contributed by atoms with Gasteiger partial charge in [-0.15, -0.1) is 0 Å². The van der Waals surface area contributed by atoms with E-state index in [0.29, 0.717) is 5.56 Å². The van der Waals surface area contributed by atoms with Crippen LogP contribution < -0.4 is 10.2 Å². The normalized spacial score (nSPS) is 10.0. The molecule has 0 saturated carbocycles. The van der Waals surface area contributed by atoms with Gasteiger partial charge >= 0.3 is 0 Å². The van der Waals surface area contributed by atoms with E-state index >= 15 is 0 Å². The fourth-order valence-corrected chi connectivity index (χ4v) is 2.08. The second-order valence-electron chi connectivity index (χ2n) is 4.68. The third kappa shape index (κ3) is 3.69. The SMILES string of the molecule is CCN(CC)c1nc(C)cc(Nc2cccc(C#N)c2)n1. The lowest BCUT2D eigenvalue weighted by atomic mass is 10.2. The van der Waals surface area contributed by atoms with Crippen LogP contribution in [0.4, 0.5) is 17.5 Å². The summed E-state index contributed by atoms with van der Waals surface area (Å²) in [5.41, 5.74) is 2.37. The zero-order valence-corrected chi connectivity index (χ0v) is 12.6. The summed E-state index contributed by atoms with van der Waals surface area (Å²) in [5, 5.41) is 12.2. The summed E-state index contributed by atoms with van der Waals surface area (Å²) in [5.74, 6) is 1.46. The molecule has 0 aliphatic heterocycles. The monoisotopic (exact) mass is 281 g/mol. The van der Waals surface area contributed by atoms with Crippen LogP contribution in [0.15, 0.2) is 30.3 Å². The minimum atomic E-state index is 0.620. The van der Waals surface area contributed by atoms with Gasteiger partial charge in [-0.2, -0.15) is 10.2 Å². The standard InChI is InChI=1S/C16H19N5/c1-4-21(5-2)16-18-12(3)9-15(20-16)19-14-8-6-7-13(10-14)11-17/h6-10H,4-5H2,1-3H3,(H,18,19,20).